The Morgan fingerprint density at radius 2 is 1.86 bits per heavy atom. The number of fused-ring (bicyclic) bond motifs is 1. The summed E-state index contributed by atoms with van der Waals surface area (Å²) in [5.74, 6) is -7.77. The van der Waals surface area contributed by atoms with Gasteiger partial charge in [0, 0.05) is 60.7 Å². The van der Waals surface area contributed by atoms with Gasteiger partial charge in [-0.2, -0.15) is 0 Å². The van der Waals surface area contributed by atoms with Crippen LogP contribution in [-0.2, 0) is 30.4 Å². The maximum Gasteiger partial charge on any atom is 0.271 e. The van der Waals surface area contributed by atoms with Crippen molar-refractivity contribution < 1.29 is 27.2 Å². The first-order valence-electron chi connectivity index (χ1n) is 15.8. The summed E-state index contributed by atoms with van der Waals surface area (Å²) in [6, 6.07) is 11.7. The van der Waals surface area contributed by atoms with Gasteiger partial charge in [0.25, 0.3) is 17.7 Å². The lowest BCUT2D eigenvalue weighted by atomic mass is 9.87. The third-order valence-corrected chi connectivity index (χ3v) is 8.80. The molecule has 4 heterocycles. The number of carbonyl (C=O) groups excluding carboxylic acids is 2. The number of amides is 2. The number of aryl methyl sites for hydroxylation is 1. The zero-order chi connectivity index (χ0) is 35.2. The fourth-order valence-electron chi connectivity index (χ4n) is 6.48. The molecule has 0 aliphatic carbocycles. The summed E-state index contributed by atoms with van der Waals surface area (Å²) in [6.45, 7) is 5.11. The van der Waals surface area contributed by atoms with Crippen molar-refractivity contribution in [1.29, 1.82) is 5.41 Å². The number of hydrogen-bond donors (Lipinski definition) is 2. The van der Waals surface area contributed by atoms with Crippen LogP contribution in [0.15, 0.2) is 67.1 Å². The van der Waals surface area contributed by atoms with E-state index in [0.29, 0.717) is 46.3 Å². The third-order valence-electron chi connectivity index (χ3n) is 8.80. The number of aromatic nitrogens is 3. The quantitative estimate of drug-likeness (QED) is 0.188. The van der Waals surface area contributed by atoms with Crippen LogP contribution < -0.4 is 5.32 Å². The fraction of sp³-hybridized carbons (Fsp3) is 0.333. The average Bonchev–Trinajstić information content (AvgIpc) is 3.59. The molecule has 0 saturated carbocycles. The normalized spacial score (nSPS) is 16.9. The van der Waals surface area contributed by atoms with Crippen LogP contribution in [0.1, 0.15) is 88.6 Å². The molecule has 9 nitrogen and oxygen atoms in total. The van der Waals surface area contributed by atoms with E-state index >= 15 is 0 Å². The van der Waals surface area contributed by atoms with E-state index in [1.54, 1.807) is 49.8 Å². The number of alkyl halides is 4. The molecule has 4 aromatic rings. The van der Waals surface area contributed by atoms with Crippen molar-refractivity contribution in [3.8, 4) is 11.4 Å². The first kappa shape index (κ1) is 33.7. The lowest BCUT2D eigenvalue weighted by Crippen LogP contribution is -2.32. The molecule has 0 radical (unpaired) electrons. The molecule has 2 N–H and O–H groups in total. The number of carbonyl (C=O) groups is 2. The Kier molecular flexibility index (Phi) is 8.72. The summed E-state index contributed by atoms with van der Waals surface area (Å²) in [4.78, 5) is 43.2. The Morgan fingerprint density at radius 3 is 2.55 bits per heavy atom. The van der Waals surface area contributed by atoms with Crippen molar-refractivity contribution >= 4 is 17.8 Å². The molecule has 2 aliphatic heterocycles. The second-order valence-electron chi connectivity index (χ2n) is 13.0. The van der Waals surface area contributed by atoms with Gasteiger partial charge in [0.15, 0.2) is 11.8 Å². The van der Waals surface area contributed by atoms with Crippen molar-refractivity contribution in [3.05, 3.63) is 112 Å². The second kappa shape index (κ2) is 12.7. The van der Waals surface area contributed by atoms with Gasteiger partial charge in [-0.1, -0.05) is 42.8 Å². The van der Waals surface area contributed by atoms with Gasteiger partial charge in [-0.15, -0.1) is 0 Å². The molecule has 13 heteroatoms. The zero-order valence-electron chi connectivity index (χ0n) is 27.4. The summed E-state index contributed by atoms with van der Waals surface area (Å²) in [6.07, 6.45) is 4.45. The summed E-state index contributed by atoms with van der Waals surface area (Å²) >= 11 is 0. The van der Waals surface area contributed by atoms with Crippen molar-refractivity contribution in [3.63, 3.8) is 0 Å². The molecule has 2 aromatic carbocycles. The highest BCUT2D eigenvalue weighted by atomic mass is 19.3. The van der Waals surface area contributed by atoms with E-state index in [1.807, 2.05) is 13.0 Å². The molecular formula is C36H35F4N7O2. The van der Waals surface area contributed by atoms with Gasteiger partial charge in [0.1, 0.15) is 6.04 Å². The highest BCUT2D eigenvalue weighted by Gasteiger charge is 2.40. The predicted octanol–water partition coefficient (Wildman–Crippen LogP) is 6.87. The van der Waals surface area contributed by atoms with Crippen LogP contribution >= 0.6 is 0 Å². The topological polar surface area (TPSA) is 115 Å². The molecule has 2 atom stereocenters. The average molecular weight is 674 g/mol. The third kappa shape index (κ3) is 7.01. The van der Waals surface area contributed by atoms with Gasteiger partial charge < -0.3 is 10.2 Å². The molecule has 1 unspecified atom stereocenters. The molecule has 49 heavy (non-hydrogen) atoms. The van der Waals surface area contributed by atoms with Crippen LogP contribution in [0.4, 0.5) is 17.6 Å². The van der Waals surface area contributed by atoms with Gasteiger partial charge in [-0.25, -0.2) is 27.5 Å². The van der Waals surface area contributed by atoms with Crippen molar-refractivity contribution in [2.24, 2.45) is 0 Å². The SMILES string of the molecule is Cc1ccc([C@H]2NC(=N)N(Cc3ccc(C(C)(F)F)c(C(=O)N4Cc5cnc(-c6cccnc6)nc5C4)c3)C2=O)c(C(C)CC(C)(F)F)c1. The summed E-state index contributed by atoms with van der Waals surface area (Å²) < 4.78 is 57.6. The van der Waals surface area contributed by atoms with Crippen LogP contribution in [0, 0.1) is 12.3 Å². The number of hydrogen-bond acceptors (Lipinski definition) is 6. The number of nitrogens with zero attached hydrogens (tertiary/aromatic N) is 5. The Labute approximate surface area is 280 Å². The number of halogens is 4. The lowest BCUT2D eigenvalue weighted by molar-refractivity contribution is -0.127. The van der Waals surface area contributed by atoms with E-state index < -0.39 is 47.6 Å². The number of benzene rings is 2. The van der Waals surface area contributed by atoms with E-state index in [2.05, 4.69) is 20.3 Å². The summed E-state index contributed by atoms with van der Waals surface area (Å²) in [5, 5.41) is 11.4. The summed E-state index contributed by atoms with van der Waals surface area (Å²) in [5.41, 5.74) is 3.56. The highest BCUT2D eigenvalue weighted by Crippen LogP contribution is 2.37. The molecule has 0 spiro atoms. The monoisotopic (exact) mass is 673 g/mol. The number of pyridine rings is 1. The van der Waals surface area contributed by atoms with E-state index in [1.165, 1.54) is 23.1 Å². The minimum Gasteiger partial charge on any atom is -0.340 e. The van der Waals surface area contributed by atoms with Gasteiger partial charge in [0.05, 0.1) is 18.8 Å². The van der Waals surface area contributed by atoms with E-state index in [4.69, 9.17) is 5.41 Å². The number of nitrogens with one attached hydrogen (secondary N) is 2. The highest BCUT2D eigenvalue weighted by molar-refractivity contribution is 6.05. The van der Waals surface area contributed by atoms with Crippen LogP contribution in [0.2, 0.25) is 0 Å². The van der Waals surface area contributed by atoms with Crippen LogP contribution in [0.3, 0.4) is 0 Å². The molecule has 1 saturated heterocycles. The Morgan fingerprint density at radius 1 is 1.08 bits per heavy atom. The molecule has 254 valence electrons. The molecule has 1 fully saturated rings. The molecule has 2 amide bonds. The van der Waals surface area contributed by atoms with Gasteiger partial charge >= 0.3 is 0 Å². The molecular weight excluding hydrogens is 638 g/mol. The zero-order valence-corrected chi connectivity index (χ0v) is 27.4. The van der Waals surface area contributed by atoms with Crippen LogP contribution in [-0.4, -0.2) is 48.4 Å². The predicted molar refractivity (Wildman–Crippen MR) is 174 cm³/mol. The minimum atomic E-state index is -3.35. The fourth-order valence-corrected chi connectivity index (χ4v) is 6.48. The minimum absolute atomic E-state index is 0.0883. The van der Waals surface area contributed by atoms with Crippen molar-refractivity contribution in [2.75, 3.05) is 0 Å². The van der Waals surface area contributed by atoms with Crippen molar-refractivity contribution in [2.45, 2.75) is 77.6 Å². The van der Waals surface area contributed by atoms with E-state index in [0.717, 1.165) is 17.4 Å². The number of guanidine groups is 1. The molecule has 6 rings (SSSR count). The molecule has 0 bridgehead atoms. The first-order valence-corrected chi connectivity index (χ1v) is 15.8. The largest absolute Gasteiger partial charge is 0.340 e. The Bertz CT molecular complexity index is 1940. The van der Waals surface area contributed by atoms with E-state index in [9.17, 15) is 27.2 Å². The van der Waals surface area contributed by atoms with Crippen LogP contribution in [0.25, 0.3) is 11.4 Å². The van der Waals surface area contributed by atoms with Gasteiger partial charge in [-0.3, -0.25) is 24.9 Å². The van der Waals surface area contributed by atoms with Gasteiger partial charge in [0.2, 0.25) is 5.92 Å². The Balaban J connectivity index is 1.25. The maximum absolute atomic E-state index is 14.8. The van der Waals surface area contributed by atoms with Crippen molar-refractivity contribution in [1.82, 2.24) is 30.1 Å². The second-order valence-corrected chi connectivity index (χ2v) is 13.0. The maximum atomic E-state index is 14.8. The smallest absolute Gasteiger partial charge is 0.271 e. The van der Waals surface area contributed by atoms with Gasteiger partial charge in [-0.05, 0) is 54.7 Å². The van der Waals surface area contributed by atoms with Crippen LogP contribution in [0.5, 0.6) is 0 Å². The molecule has 2 aromatic heterocycles. The Hall–Kier alpha value is -5.20. The summed E-state index contributed by atoms with van der Waals surface area (Å²) in [7, 11) is 0. The lowest BCUT2D eigenvalue weighted by Gasteiger charge is -2.23. The molecule has 2 aliphatic rings. The first-order chi connectivity index (χ1) is 23.1. The van der Waals surface area contributed by atoms with E-state index in [-0.39, 0.29) is 31.2 Å². The number of rotatable bonds is 9. The standard InChI is InChI=1S/C36H35F4N7O2/c1-20-7-9-25(26(12-20)21(2)14-35(3,37)38)30-33(49)47(34(41)45-30)17-22-8-10-28(36(4,39)40)27(13-22)32(48)46-18-24-16-43-31(44-29(24)19-46)23-6-5-11-42-15-23/h5-13,15-16,21,30H,14,17-19H2,1-4H3,(H2,41,45)/t21?,30-/m1/s1.